The predicted molar refractivity (Wildman–Crippen MR) is 47.0 cm³/mol. The third kappa shape index (κ3) is 4.56. The fourth-order valence-corrected chi connectivity index (χ4v) is 1.11. The summed E-state index contributed by atoms with van der Waals surface area (Å²) < 4.78 is 151. The summed E-state index contributed by atoms with van der Waals surface area (Å²) >= 11 is 0. The molecule has 134 valence electrons. The quantitative estimate of drug-likeness (QED) is 0.640. The van der Waals surface area contributed by atoms with Crippen molar-refractivity contribution in [2.24, 2.45) is 0 Å². The van der Waals surface area contributed by atoms with E-state index in [4.69, 9.17) is 0 Å². The van der Waals surface area contributed by atoms with Crippen LogP contribution in [0.4, 0.5) is 52.7 Å². The molecule has 0 aromatic rings. The van der Waals surface area contributed by atoms with Crippen molar-refractivity contribution in [3.05, 3.63) is 0 Å². The Hall–Kier alpha value is -0.880. The summed E-state index contributed by atoms with van der Waals surface area (Å²) in [5.74, 6) is -5.91. The van der Waals surface area contributed by atoms with Crippen LogP contribution >= 0.6 is 0 Å². The Morgan fingerprint density at radius 3 is 1.45 bits per heavy atom. The fourth-order valence-electron chi connectivity index (χ4n) is 1.11. The Balaban J connectivity index is 5.46. The normalized spacial score (nSPS) is 21.1. The van der Waals surface area contributed by atoms with E-state index in [9.17, 15) is 52.7 Å². The first-order valence-corrected chi connectivity index (χ1v) is 5.22. The van der Waals surface area contributed by atoms with Crippen molar-refractivity contribution in [2.75, 3.05) is 6.61 Å². The van der Waals surface area contributed by atoms with Crippen molar-refractivity contribution in [1.29, 1.82) is 0 Å². The minimum Gasteiger partial charge on any atom is -0.336 e. The Morgan fingerprint density at radius 2 is 1.18 bits per heavy atom. The summed E-state index contributed by atoms with van der Waals surface area (Å²) in [6.45, 7) is -2.89. The van der Waals surface area contributed by atoms with Gasteiger partial charge >= 0.3 is 24.4 Å². The molecule has 0 aliphatic rings. The van der Waals surface area contributed by atoms with Crippen LogP contribution in [0.2, 0.25) is 0 Å². The molecule has 0 rings (SSSR count). The maximum Gasteiger partial charge on any atom is 0.451 e. The zero-order chi connectivity index (χ0) is 18.2. The first kappa shape index (κ1) is 21.1. The van der Waals surface area contributed by atoms with E-state index in [1.165, 1.54) is 0 Å². The molecule has 0 heterocycles. The molecule has 0 fully saturated rings. The fraction of sp³-hybridized carbons (Fsp3) is 1.00. The van der Waals surface area contributed by atoms with Gasteiger partial charge in [0, 0.05) is 0 Å². The molecule has 3 unspecified atom stereocenters. The lowest BCUT2D eigenvalue weighted by Gasteiger charge is -2.37. The Labute approximate surface area is 115 Å². The zero-order valence-electron chi connectivity index (χ0n) is 10.4. The number of ether oxygens (including phenoxy) is 1. The standard InChI is InChI=1S/C9H8F12O/c1-5(11,8(16,17)18)4(10)7(15,9(19,20)21)22-3-2-6(12,13)14/h4H,2-3H2,1H3. The van der Waals surface area contributed by atoms with Gasteiger partial charge < -0.3 is 4.74 Å². The average molecular weight is 360 g/mol. The van der Waals surface area contributed by atoms with Crippen LogP contribution in [0.5, 0.6) is 0 Å². The van der Waals surface area contributed by atoms with Gasteiger partial charge in [0.15, 0.2) is 0 Å². The summed E-state index contributed by atoms with van der Waals surface area (Å²) in [6.07, 6.45) is -25.2. The predicted octanol–water partition coefficient (Wildman–Crippen LogP) is 4.81. The maximum absolute atomic E-state index is 13.5. The van der Waals surface area contributed by atoms with Crippen LogP contribution in [0.3, 0.4) is 0 Å². The second-order valence-electron chi connectivity index (χ2n) is 4.29. The van der Waals surface area contributed by atoms with E-state index in [0.29, 0.717) is 0 Å². The number of hydrogen-bond acceptors (Lipinski definition) is 1. The van der Waals surface area contributed by atoms with Crippen LogP contribution in [0, 0.1) is 0 Å². The molecule has 1 nitrogen and oxygen atoms in total. The van der Waals surface area contributed by atoms with Crippen LogP contribution in [0.15, 0.2) is 0 Å². The molecule has 0 N–H and O–H groups in total. The summed E-state index contributed by atoms with van der Waals surface area (Å²) in [7, 11) is 0. The molecular formula is C9H8F12O. The van der Waals surface area contributed by atoms with Gasteiger partial charge in [-0.25, -0.2) is 8.78 Å². The summed E-state index contributed by atoms with van der Waals surface area (Å²) in [5.41, 5.74) is -5.35. The molecule has 0 bridgehead atoms. The first-order valence-electron chi connectivity index (χ1n) is 5.22. The van der Waals surface area contributed by atoms with E-state index in [2.05, 4.69) is 4.74 Å². The van der Waals surface area contributed by atoms with Gasteiger partial charge in [0.1, 0.15) is 0 Å². The Bertz CT molecular complexity index is 366. The summed E-state index contributed by atoms with van der Waals surface area (Å²) in [4.78, 5) is 0. The third-order valence-corrected chi connectivity index (χ3v) is 2.44. The van der Waals surface area contributed by atoms with Crippen molar-refractivity contribution in [3.8, 4) is 0 Å². The van der Waals surface area contributed by atoms with E-state index >= 15 is 0 Å². The molecule has 0 radical (unpaired) electrons. The van der Waals surface area contributed by atoms with Gasteiger partial charge in [-0.1, -0.05) is 0 Å². The van der Waals surface area contributed by atoms with Crippen molar-refractivity contribution in [2.45, 2.75) is 49.6 Å². The highest BCUT2D eigenvalue weighted by atomic mass is 19.4. The van der Waals surface area contributed by atoms with Gasteiger partial charge in [0.25, 0.3) is 0 Å². The van der Waals surface area contributed by atoms with Gasteiger partial charge in [-0.05, 0) is 6.92 Å². The highest BCUT2D eigenvalue weighted by Gasteiger charge is 2.74. The van der Waals surface area contributed by atoms with Crippen LogP contribution in [0.25, 0.3) is 0 Å². The zero-order valence-corrected chi connectivity index (χ0v) is 10.4. The van der Waals surface area contributed by atoms with Crippen LogP contribution in [0.1, 0.15) is 13.3 Å². The Kier molecular flexibility index (Phi) is 5.72. The second-order valence-corrected chi connectivity index (χ2v) is 4.29. The molecule has 13 heteroatoms. The minimum atomic E-state index is -6.55. The molecule has 0 spiro atoms. The van der Waals surface area contributed by atoms with E-state index in [-0.39, 0.29) is 0 Å². The van der Waals surface area contributed by atoms with Crippen LogP contribution < -0.4 is 0 Å². The molecule has 0 saturated carbocycles. The Morgan fingerprint density at radius 1 is 0.773 bits per heavy atom. The molecule has 0 amide bonds. The summed E-state index contributed by atoms with van der Waals surface area (Å²) in [5, 5.41) is 0. The van der Waals surface area contributed by atoms with E-state index in [0.717, 1.165) is 0 Å². The number of hydrogen-bond donors (Lipinski definition) is 0. The molecular weight excluding hydrogens is 352 g/mol. The molecule has 22 heavy (non-hydrogen) atoms. The molecule has 0 aromatic carbocycles. The first-order chi connectivity index (χ1) is 9.36. The second kappa shape index (κ2) is 5.96. The van der Waals surface area contributed by atoms with Gasteiger partial charge in [-0.3, -0.25) is 0 Å². The molecule has 0 saturated heterocycles. The van der Waals surface area contributed by atoms with Crippen molar-refractivity contribution in [3.63, 3.8) is 0 Å². The van der Waals surface area contributed by atoms with E-state index < -0.39 is 56.2 Å². The van der Waals surface area contributed by atoms with Gasteiger partial charge in [-0.2, -0.15) is 43.9 Å². The molecule has 3 atom stereocenters. The largest absolute Gasteiger partial charge is 0.451 e. The number of rotatable bonds is 5. The molecule has 0 aliphatic carbocycles. The van der Waals surface area contributed by atoms with E-state index in [1.54, 1.807) is 0 Å². The third-order valence-electron chi connectivity index (χ3n) is 2.44. The number of alkyl halides is 12. The van der Waals surface area contributed by atoms with Crippen molar-refractivity contribution in [1.82, 2.24) is 0 Å². The monoisotopic (exact) mass is 360 g/mol. The minimum absolute atomic E-state index is 0.731. The topological polar surface area (TPSA) is 9.23 Å². The van der Waals surface area contributed by atoms with Gasteiger partial charge in [0.05, 0.1) is 13.0 Å². The van der Waals surface area contributed by atoms with Crippen molar-refractivity contribution < 1.29 is 57.4 Å². The van der Waals surface area contributed by atoms with Crippen LogP contribution in [-0.4, -0.2) is 42.8 Å². The lowest BCUT2D eigenvalue weighted by molar-refractivity contribution is -0.383. The van der Waals surface area contributed by atoms with Gasteiger partial charge in [-0.15, -0.1) is 0 Å². The van der Waals surface area contributed by atoms with E-state index in [1.807, 2.05) is 0 Å². The molecule has 0 aliphatic heterocycles. The highest BCUT2D eigenvalue weighted by Crippen LogP contribution is 2.49. The van der Waals surface area contributed by atoms with Crippen molar-refractivity contribution >= 4 is 0 Å². The average Bonchev–Trinajstić information content (AvgIpc) is 2.22. The molecule has 0 aromatic heterocycles. The van der Waals surface area contributed by atoms with Crippen LogP contribution in [-0.2, 0) is 4.74 Å². The lowest BCUT2D eigenvalue weighted by Crippen LogP contribution is -2.62. The highest BCUT2D eigenvalue weighted by molar-refractivity contribution is 5.01. The van der Waals surface area contributed by atoms with Gasteiger partial charge in [0.2, 0.25) is 11.8 Å². The SMILES string of the molecule is CC(F)(C(F)C(F)(OCCC(F)(F)F)C(F)(F)F)C(F)(F)F. The lowest BCUT2D eigenvalue weighted by atomic mass is 9.95. The number of halogens is 12. The summed E-state index contributed by atoms with van der Waals surface area (Å²) in [6, 6.07) is 0. The maximum atomic E-state index is 13.5. The smallest absolute Gasteiger partial charge is 0.336 e.